The molecule has 7 heteroatoms. The van der Waals surface area contributed by atoms with E-state index >= 15 is 0 Å². The standard InChI is InChI=1S/C23H21N3O3S/c1-15-6-7-16(12-20(15)26-10-4-5-11-26)22(27)25-23-24-19(14-30-23)18-9-8-17(28-2)13-21(18)29-3/h4-14H,1-3H3,(H,24,25,27). The largest absolute Gasteiger partial charge is 0.497 e. The van der Waals surface area contributed by atoms with Gasteiger partial charge in [0, 0.05) is 40.7 Å². The second-order valence-electron chi connectivity index (χ2n) is 6.65. The molecule has 0 saturated heterocycles. The number of hydrogen-bond acceptors (Lipinski definition) is 5. The van der Waals surface area contributed by atoms with Crippen molar-refractivity contribution < 1.29 is 14.3 Å². The minimum absolute atomic E-state index is 0.203. The molecule has 0 bridgehead atoms. The molecule has 0 aliphatic heterocycles. The van der Waals surface area contributed by atoms with E-state index in [9.17, 15) is 4.79 Å². The fourth-order valence-corrected chi connectivity index (χ4v) is 3.86. The number of aryl methyl sites for hydroxylation is 1. The lowest BCUT2D eigenvalue weighted by Gasteiger charge is -2.10. The Hall–Kier alpha value is -3.58. The van der Waals surface area contributed by atoms with Crippen LogP contribution in [0.5, 0.6) is 11.5 Å². The molecular weight excluding hydrogens is 398 g/mol. The summed E-state index contributed by atoms with van der Waals surface area (Å²) in [5, 5.41) is 5.31. The zero-order valence-electron chi connectivity index (χ0n) is 16.9. The van der Waals surface area contributed by atoms with Gasteiger partial charge in [0.1, 0.15) is 11.5 Å². The number of amides is 1. The van der Waals surface area contributed by atoms with Gasteiger partial charge in [0.15, 0.2) is 5.13 Å². The van der Waals surface area contributed by atoms with Crippen LogP contribution in [0.3, 0.4) is 0 Å². The summed E-state index contributed by atoms with van der Waals surface area (Å²) in [6.07, 6.45) is 3.92. The summed E-state index contributed by atoms with van der Waals surface area (Å²) in [7, 11) is 3.21. The molecule has 152 valence electrons. The average Bonchev–Trinajstić information content (AvgIpc) is 3.46. The number of anilines is 1. The lowest BCUT2D eigenvalue weighted by molar-refractivity contribution is 0.102. The van der Waals surface area contributed by atoms with Crippen LogP contribution in [0.4, 0.5) is 5.13 Å². The lowest BCUT2D eigenvalue weighted by Crippen LogP contribution is -2.12. The summed E-state index contributed by atoms with van der Waals surface area (Å²) in [5.74, 6) is 1.16. The molecule has 0 saturated carbocycles. The maximum absolute atomic E-state index is 12.8. The summed E-state index contributed by atoms with van der Waals surface area (Å²) in [5.41, 5.74) is 4.19. The highest BCUT2D eigenvalue weighted by Crippen LogP contribution is 2.35. The molecule has 0 aliphatic rings. The number of benzene rings is 2. The van der Waals surface area contributed by atoms with Crippen LogP contribution in [-0.2, 0) is 0 Å². The highest BCUT2D eigenvalue weighted by molar-refractivity contribution is 7.14. The van der Waals surface area contributed by atoms with Gasteiger partial charge in [0.2, 0.25) is 0 Å². The topological polar surface area (TPSA) is 65.4 Å². The third-order valence-corrected chi connectivity index (χ3v) is 5.52. The fraction of sp³-hybridized carbons (Fsp3) is 0.130. The number of methoxy groups -OCH3 is 2. The first-order valence-corrected chi connectivity index (χ1v) is 10.2. The van der Waals surface area contributed by atoms with E-state index in [-0.39, 0.29) is 5.91 Å². The monoisotopic (exact) mass is 419 g/mol. The van der Waals surface area contributed by atoms with E-state index in [0.29, 0.717) is 22.2 Å². The van der Waals surface area contributed by atoms with Crippen LogP contribution >= 0.6 is 11.3 Å². The summed E-state index contributed by atoms with van der Waals surface area (Å²) in [6.45, 7) is 2.02. The number of thiazole rings is 1. The van der Waals surface area contributed by atoms with Gasteiger partial charge in [-0.3, -0.25) is 10.1 Å². The average molecular weight is 420 g/mol. The molecule has 30 heavy (non-hydrogen) atoms. The molecule has 0 fully saturated rings. The first-order chi connectivity index (χ1) is 14.6. The maximum atomic E-state index is 12.8. The second-order valence-corrected chi connectivity index (χ2v) is 7.51. The van der Waals surface area contributed by atoms with Gasteiger partial charge in [-0.1, -0.05) is 6.07 Å². The molecule has 4 rings (SSSR count). The van der Waals surface area contributed by atoms with Crippen LogP contribution < -0.4 is 14.8 Å². The van der Waals surface area contributed by atoms with E-state index in [1.165, 1.54) is 11.3 Å². The molecular formula is C23H21N3O3S. The van der Waals surface area contributed by atoms with Crippen molar-refractivity contribution in [2.75, 3.05) is 19.5 Å². The second kappa shape index (κ2) is 8.42. The maximum Gasteiger partial charge on any atom is 0.257 e. The Bertz CT molecular complexity index is 1180. The summed E-state index contributed by atoms with van der Waals surface area (Å²) in [4.78, 5) is 17.4. The SMILES string of the molecule is COc1ccc(-c2csc(NC(=O)c3ccc(C)c(-n4cccc4)c3)n2)c(OC)c1. The van der Waals surface area contributed by atoms with Crippen LogP contribution in [0, 0.1) is 6.92 Å². The summed E-state index contributed by atoms with van der Waals surface area (Å²) in [6, 6.07) is 15.1. The van der Waals surface area contributed by atoms with E-state index in [0.717, 1.165) is 22.5 Å². The van der Waals surface area contributed by atoms with E-state index in [1.54, 1.807) is 14.2 Å². The van der Waals surface area contributed by atoms with E-state index in [1.807, 2.05) is 77.8 Å². The van der Waals surface area contributed by atoms with Crippen LogP contribution in [0.15, 0.2) is 66.3 Å². The number of carbonyl (C=O) groups is 1. The van der Waals surface area contributed by atoms with Gasteiger partial charge < -0.3 is 14.0 Å². The van der Waals surface area contributed by atoms with Crippen molar-refractivity contribution >= 4 is 22.4 Å². The smallest absolute Gasteiger partial charge is 0.257 e. The van der Waals surface area contributed by atoms with E-state index in [2.05, 4.69) is 10.3 Å². The number of aromatic nitrogens is 2. The third-order valence-electron chi connectivity index (χ3n) is 4.76. The predicted octanol–water partition coefficient (Wildman–Crippen LogP) is 5.18. The van der Waals surface area contributed by atoms with Crippen LogP contribution in [0.25, 0.3) is 16.9 Å². The number of hydrogen-bond donors (Lipinski definition) is 1. The van der Waals surface area contributed by atoms with Gasteiger partial charge in [-0.2, -0.15) is 0 Å². The van der Waals surface area contributed by atoms with Gasteiger partial charge >= 0.3 is 0 Å². The first kappa shape index (κ1) is 19.7. The molecule has 6 nitrogen and oxygen atoms in total. The van der Waals surface area contributed by atoms with Gasteiger partial charge in [0.25, 0.3) is 5.91 Å². The molecule has 0 atom stereocenters. The molecule has 0 unspecified atom stereocenters. The first-order valence-electron chi connectivity index (χ1n) is 9.32. The molecule has 0 radical (unpaired) electrons. The molecule has 2 heterocycles. The van der Waals surface area contributed by atoms with Crippen molar-refractivity contribution in [3.63, 3.8) is 0 Å². The van der Waals surface area contributed by atoms with Gasteiger partial charge in [0.05, 0.1) is 19.9 Å². The molecule has 0 spiro atoms. The Labute approximate surface area is 178 Å². The van der Waals surface area contributed by atoms with Crippen molar-refractivity contribution in [2.45, 2.75) is 6.92 Å². The normalized spacial score (nSPS) is 10.6. The zero-order chi connectivity index (χ0) is 21.1. The molecule has 1 amide bonds. The number of carbonyl (C=O) groups excluding carboxylic acids is 1. The Kier molecular flexibility index (Phi) is 5.54. The van der Waals surface area contributed by atoms with Gasteiger partial charge in [-0.05, 0) is 48.9 Å². The Morgan fingerprint density at radius 2 is 1.87 bits per heavy atom. The van der Waals surface area contributed by atoms with E-state index in [4.69, 9.17) is 9.47 Å². The van der Waals surface area contributed by atoms with Crippen molar-refractivity contribution in [3.05, 3.63) is 77.4 Å². The van der Waals surface area contributed by atoms with Gasteiger partial charge in [-0.15, -0.1) is 11.3 Å². The van der Waals surface area contributed by atoms with Crippen molar-refractivity contribution in [3.8, 4) is 28.4 Å². The highest BCUT2D eigenvalue weighted by atomic mass is 32.1. The quantitative estimate of drug-likeness (QED) is 0.468. The predicted molar refractivity (Wildman–Crippen MR) is 119 cm³/mol. The summed E-state index contributed by atoms with van der Waals surface area (Å²) >= 11 is 1.37. The molecule has 1 N–H and O–H groups in total. The van der Waals surface area contributed by atoms with Crippen LogP contribution in [-0.4, -0.2) is 29.7 Å². The Morgan fingerprint density at radius 3 is 2.60 bits per heavy atom. The van der Waals surface area contributed by atoms with Gasteiger partial charge in [-0.25, -0.2) is 4.98 Å². The minimum atomic E-state index is -0.203. The molecule has 2 aromatic heterocycles. The van der Waals surface area contributed by atoms with Crippen molar-refractivity contribution in [2.24, 2.45) is 0 Å². The third kappa shape index (κ3) is 3.92. The zero-order valence-corrected chi connectivity index (χ0v) is 17.7. The number of nitrogens with one attached hydrogen (secondary N) is 1. The number of rotatable bonds is 6. The van der Waals surface area contributed by atoms with Crippen molar-refractivity contribution in [1.29, 1.82) is 0 Å². The van der Waals surface area contributed by atoms with E-state index < -0.39 is 0 Å². The fourth-order valence-electron chi connectivity index (χ4n) is 3.16. The number of nitrogens with zero attached hydrogens (tertiary/aromatic N) is 2. The number of ether oxygens (including phenoxy) is 2. The summed E-state index contributed by atoms with van der Waals surface area (Å²) < 4.78 is 12.7. The Morgan fingerprint density at radius 1 is 1.07 bits per heavy atom. The van der Waals surface area contributed by atoms with Crippen LogP contribution in [0.1, 0.15) is 15.9 Å². The molecule has 0 aliphatic carbocycles. The van der Waals surface area contributed by atoms with Crippen LogP contribution in [0.2, 0.25) is 0 Å². The molecule has 2 aromatic carbocycles. The minimum Gasteiger partial charge on any atom is -0.497 e. The highest BCUT2D eigenvalue weighted by Gasteiger charge is 2.14. The molecule has 4 aromatic rings. The van der Waals surface area contributed by atoms with Crippen molar-refractivity contribution in [1.82, 2.24) is 9.55 Å². The Balaban J connectivity index is 1.56. The lowest BCUT2D eigenvalue weighted by atomic mass is 10.1.